The van der Waals surface area contributed by atoms with Gasteiger partial charge in [-0.1, -0.05) is 0 Å². The van der Waals surface area contributed by atoms with Crippen LogP contribution in [0.15, 0.2) is 0 Å². The monoisotopic (exact) mass is 217 g/mol. The molecular weight excluding hydrogens is 202 g/mol. The number of carbonyl (C=O) groups excluding carboxylic acids is 2. The van der Waals surface area contributed by atoms with Gasteiger partial charge in [-0.25, -0.2) is 0 Å². The van der Waals surface area contributed by atoms with Gasteiger partial charge in [-0.15, -0.1) is 0 Å². The van der Waals surface area contributed by atoms with E-state index in [4.69, 9.17) is 11.6 Å². The maximum atomic E-state index is 11.0. The van der Waals surface area contributed by atoms with E-state index in [-0.39, 0.29) is 11.1 Å². The van der Waals surface area contributed by atoms with Gasteiger partial charge in [0.25, 0.3) is 0 Å². The van der Waals surface area contributed by atoms with Crippen molar-refractivity contribution in [2.45, 2.75) is 32.6 Å². The van der Waals surface area contributed by atoms with E-state index in [9.17, 15) is 9.59 Å². The van der Waals surface area contributed by atoms with Crippen LogP contribution in [-0.2, 0) is 9.59 Å². The first-order chi connectivity index (χ1) is 6.59. The highest BCUT2D eigenvalue weighted by molar-refractivity contribution is 6.63. The Labute approximate surface area is 89.4 Å². The predicted molar refractivity (Wildman–Crippen MR) is 55.1 cm³/mol. The van der Waals surface area contributed by atoms with E-state index < -0.39 is 0 Å². The standard InChI is InChI=1S/C10H16ClNO2/c1-8(13)12-6-4-9(5-7-12)2-3-10(11)14/h9H,2-7H2,1H3. The maximum absolute atomic E-state index is 11.0. The highest BCUT2D eigenvalue weighted by Crippen LogP contribution is 2.22. The third kappa shape index (κ3) is 3.66. The fourth-order valence-electron chi connectivity index (χ4n) is 1.85. The van der Waals surface area contributed by atoms with Crippen molar-refractivity contribution >= 4 is 22.8 Å². The lowest BCUT2D eigenvalue weighted by Gasteiger charge is -2.31. The summed E-state index contributed by atoms with van der Waals surface area (Å²) >= 11 is 5.27. The predicted octanol–water partition coefficient (Wildman–Crippen LogP) is 1.79. The number of piperidine rings is 1. The van der Waals surface area contributed by atoms with E-state index in [1.54, 1.807) is 6.92 Å². The first-order valence-electron chi connectivity index (χ1n) is 5.03. The van der Waals surface area contributed by atoms with Gasteiger partial charge in [-0.2, -0.15) is 0 Å². The largest absolute Gasteiger partial charge is 0.343 e. The van der Waals surface area contributed by atoms with Crippen LogP contribution in [0.4, 0.5) is 0 Å². The van der Waals surface area contributed by atoms with E-state index in [2.05, 4.69) is 0 Å². The van der Waals surface area contributed by atoms with Crippen LogP contribution in [0.5, 0.6) is 0 Å². The topological polar surface area (TPSA) is 37.4 Å². The molecule has 1 heterocycles. The summed E-state index contributed by atoms with van der Waals surface area (Å²) < 4.78 is 0. The van der Waals surface area contributed by atoms with Crippen molar-refractivity contribution in [1.82, 2.24) is 4.90 Å². The summed E-state index contributed by atoms with van der Waals surface area (Å²) in [6.07, 6.45) is 3.34. The second-order valence-electron chi connectivity index (χ2n) is 3.84. The number of nitrogens with zero attached hydrogens (tertiary/aromatic N) is 1. The minimum absolute atomic E-state index is 0.150. The van der Waals surface area contributed by atoms with Gasteiger partial charge in [0.2, 0.25) is 11.1 Å². The molecule has 0 saturated carbocycles. The quantitative estimate of drug-likeness (QED) is 0.676. The van der Waals surface area contributed by atoms with Crippen molar-refractivity contribution in [2.24, 2.45) is 5.92 Å². The average Bonchev–Trinajstić information content (AvgIpc) is 2.15. The molecule has 0 spiro atoms. The van der Waals surface area contributed by atoms with Crippen molar-refractivity contribution in [3.8, 4) is 0 Å². The van der Waals surface area contributed by atoms with Gasteiger partial charge in [0.05, 0.1) is 0 Å². The van der Waals surface area contributed by atoms with Crippen LogP contribution in [0, 0.1) is 5.92 Å². The Balaban J connectivity index is 2.22. The molecule has 0 N–H and O–H groups in total. The van der Waals surface area contributed by atoms with E-state index in [1.807, 2.05) is 4.90 Å². The molecule has 1 fully saturated rings. The number of hydrogen-bond donors (Lipinski definition) is 0. The molecule has 1 aliphatic rings. The van der Waals surface area contributed by atoms with Gasteiger partial charge >= 0.3 is 0 Å². The molecule has 0 radical (unpaired) electrons. The molecule has 14 heavy (non-hydrogen) atoms. The zero-order valence-electron chi connectivity index (χ0n) is 8.46. The van der Waals surface area contributed by atoms with E-state index in [1.165, 1.54) is 0 Å². The van der Waals surface area contributed by atoms with Gasteiger partial charge in [0.15, 0.2) is 0 Å². The molecule has 4 heteroatoms. The molecule has 0 bridgehead atoms. The van der Waals surface area contributed by atoms with E-state index in [0.717, 1.165) is 32.4 Å². The summed E-state index contributed by atoms with van der Waals surface area (Å²) in [6.45, 7) is 3.26. The van der Waals surface area contributed by atoms with Gasteiger partial charge in [0.1, 0.15) is 0 Å². The number of halogens is 1. The van der Waals surface area contributed by atoms with Crippen LogP contribution in [0.3, 0.4) is 0 Å². The van der Waals surface area contributed by atoms with Crippen LogP contribution in [0.25, 0.3) is 0 Å². The summed E-state index contributed by atoms with van der Waals surface area (Å²) in [7, 11) is 0. The molecule has 0 aromatic heterocycles. The Morgan fingerprint density at radius 1 is 1.36 bits per heavy atom. The van der Waals surface area contributed by atoms with Crippen molar-refractivity contribution in [2.75, 3.05) is 13.1 Å². The average molecular weight is 218 g/mol. The highest BCUT2D eigenvalue weighted by Gasteiger charge is 2.20. The summed E-state index contributed by atoms with van der Waals surface area (Å²) in [5.74, 6) is 0.713. The van der Waals surface area contributed by atoms with E-state index >= 15 is 0 Å². The van der Waals surface area contributed by atoms with Crippen LogP contribution in [-0.4, -0.2) is 29.1 Å². The van der Waals surface area contributed by atoms with Crippen molar-refractivity contribution in [3.05, 3.63) is 0 Å². The maximum Gasteiger partial charge on any atom is 0.221 e. The fourth-order valence-corrected chi connectivity index (χ4v) is 1.96. The van der Waals surface area contributed by atoms with Crippen molar-refractivity contribution in [3.63, 3.8) is 0 Å². The first-order valence-corrected chi connectivity index (χ1v) is 5.41. The molecule has 0 unspecified atom stereocenters. The first kappa shape index (κ1) is 11.5. The smallest absolute Gasteiger partial charge is 0.221 e. The zero-order chi connectivity index (χ0) is 10.6. The molecule has 0 atom stereocenters. The number of likely N-dealkylation sites (tertiary alicyclic amines) is 1. The molecule has 1 saturated heterocycles. The molecule has 1 amide bonds. The Kier molecular flexibility index (Phi) is 4.39. The second-order valence-corrected chi connectivity index (χ2v) is 4.26. The minimum Gasteiger partial charge on any atom is -0.343 e. The van der Waals surface area contributed by atoms with Crippen LogP contribution >= 0.6 is 11.6 Å². The Bertz CT molecular complexity index is 222. The van der Waals surface area contributed by atoms with Gasteiger partial charge in [-0.3, -0.25) is 9.59 Å². The van der Waals surface area contributed by atoms with Crippen molar-refractivity contribution < 1.29 is 9.59 Å². The van der Waals surface area contributed by atoms with Gasteiger partial charge in [0, 0.05) is 26.4 Å². The van der Waals surface area contributed by atoms with Crippen LogP contribution in [0.1, 0.15) is 32.6 Å². The molecule has 1 rings (SSSR count). The number of carbonyl (C=O) groups is 2. The molecular formula is C10H16ClNO2. The Morgan fingerprint density at radius 3 is 2.36 bits per heavy atom. The molecule has 1 aliphatic heterocycles. The van der Waals surface area contributed by atoms with Gasteiger partial charge < -0.3 is 4.90 Å². The fraction of sp³-hybridized carbons (Fsp3) is 0.800. The third-order valence-electron chi connectivity index (χ3n) is 2.81. The normalized spacial score (nSPS) is 18.3. The zero-order valence-corrected chi connectivity index (χ0v) is 9.22. The van der Waals surface area contributed by atoms with Crippen LogP contribution < -0.4 is 0 Å². The lowest BCUT2D eigenvalue weighted by Crippen LogP contribution is -2.37. The molecule has 0 aromatic carbocycles. The summed E-state index contributed by atoms with van der Waals surface area (Å²) in [5, 5.41) is -0.251. The molecule has 0 aromatic rings. The molecule has 80 valence electrons. The number of rotatable bonds is 3. The number of hydrogen-bond acceptors (Lipinski definition) is 2. The van der Waals surface area contributed by atoms with Crippen molar-refractivity contribution in [1.29, 1.82) is 0 Å². The van der Waals surface area contributed by atoms with Gasteiger partial charge in [-0.05, 0) is 36.8 Å². The second kappa shape index (κ2) is 5.35. The SMILES string of the molecule is CC(=O)N1CCC(CCC(=O)Cl)CC1. The Morgan fingerprint density at radius 2 is 1.93 bits per heavy atom. The summed E-state index contributed by atoms with van der Waals surface area (Å²) in [4.78, 5) is 23.4. The number of amides is 1. The third-order valence-corrected chi connectivity index (χ3v) is 3.00. The molecule has 3 nitrogen and oxygen atoms in total. The van der Waals surface area contributed by atoms with Crippen LogP contribution in [0.2, 0.25) is 0 Å². The lowest BCUT2D eigenvalue weighted by atomic mass is 9.92. The minimum atomic E-state index is -0.251. The van der Waals surface area contributed by atoms with E-state index in [0.29, 0.717) is 12.3 Å². The summed E-state index contributed by atoms with van der Waals surface area (Å²) in [6, 6.07) is 0. The lowest BCUT2D eigenvalue weighted by molar-refractivity contribution is -0.130. The summed E-state index contributed by atoms with van der Waals surface area (Å²) in [5.41, 5.74) is 0. The highest BCUT2D eigenvalue weighted by atomic mass is 35.5. The molecule has 0 aliphatic carbocycles. The Hall–Kier alpha value is -0.570.